The average Bonchev–Trinajstić information content (AvgIpc) is 3.54. The summed E-state index contributed by atoms with van der Waals surface area (Å²) >= 11 is 0. The van der Waals surface area contributed by atoms with Crippen LogP contribution in [0.2, 0.25) is 0 Å². The van der Waals surface area contributed by atoms with Gasteiger partial charge in [0, 0.05) is 42.7 Å². The van der Waals surface area contributed by atoms with Crippen LogP contribution < -0.4 is 10.1 Å². The van der Waals surface area contributed by atoms with Crippen LogP contribution in [0, 0.1) is 6.92 Å². The van der Waals surface area contributed by atoms with Crippen molar-refractivity contribution < 1.29 is 22.7 Å². The molecule has 39 heavy (non-hydrogen) atoms. The number of likely N-dealkylation sites (N-methyl/N-ethyl adjacent to an activating group) is 1. The van der Waals surface area contributed by atoms with Gasteiger partial charge in [-0.3, -0.25) is 9.48 Å². The highest BCUT2D eigenvalue weighted by atomic mass is 19.4. The quantitative estimate of drug-likeness (QED) is 0.317. The van der Waals surface area contributed by atoms with Crippen LogP contribution in [0.3, 0.4) is 0 Å². The number of hydrogen-bond acceptors (Lipinski definition) is 5. The van der Waals surface area contributed by atoms with E-state index in [-0.39, 0.29) is 10.6 Å². The Morgan fingerprint density at radius 3 is 2.28 bits per heavy atom. The zero-order chi connectivity index (χ0) is 28.3. The SMILES string of the molecule is Cc1ccc(OCCN(C)C)cc1C(=O)N[C@H](C)c1cc(-c2cnn(C)c2)cc(-c2cnn(C(F)(F)F)c2)c1. The summed E-state index contributed by atoms with van der Waals surface area (Å²) in [5.41, 5.74) is 4.38. The third kappa shape index (κ3) is 6.85. The Labute approximate surface area is 225 Å². The van der Waals surface area contributed by atoms with E-state index in [1.807, 2.05) is 57.2 Å². The summed E-state index contributed by atoms with van der Waals surface area (Å²) in [4.78, 5) is 15.3. The maximum Gasteiger partial charge on any atom is 0.504 e. The largest absolute Gasteiger partial charge is 0.504 e. The van der Waals surface area contributed by atoms with E-state index >= 15 is 0 Å². The number of rotatable bonds is 9. The summed E-state index contributed by atoms with van der Waals surface area (Å²) in [6, 6.07) is 10.4. The number of amides is 1. The van der Waals surface area contributed by atoms with Gasteiger partial charge in [-0.25, -0.2) is 0 Å². The van der Waals surface area contributed by atoms with Gasteiger partial charge in [-0.2, -0.15) is 14.9 Å². The molecular weight excluding hydrogens is 509 g/mol. The van der Waals surface area contributed by atoms with E-state index in [9.17, 15) is 18.0 Å². The molecule has 206 valence electrons. The molecule has 2 heterocycles. The maximum atomic E-state index is 13.3. The summed E-state index contributed by atoms with van der Waals surface area (Å²) in [5.74, 6) is 0.319. The van der Waals surface area contributed by atoms with Crippen molar-refractivity contribution >= 4 is 5.91 Å². The monoisotopic (exact) mass is 540 g/mol. The number of nitrogens with one attached hydrogen (secondary N) is 1. The van der Waals surface area contributed by atoms with Gasteiger partial charge in [0.1, 0.15) is 12.4 Å². The minimum Gasteiger partial charge on any atom is -0.492 e. The Kier molecular flexibility index (Phi) is 8.10. The second-order valence-corrected chi connectivity index (χ2v) is 9.71. The van der Waals surface area contributed by atoms with E-state index in [1.165, 1.54) is 6.20 Å². The van der Waals surface area contributed by atoms with Crippen molar-refractivity contribution in [2.24, 2.45) is 7.05 Å². The lowest BCUT2D eigenvalue weighted by Gasteiger charge is -2.18. The molecule has 1 atom stereocenters. The molecular formula is C28H31F3N6O2. The first-order chi connectivity index (χ1) is 18.4. The van der Waals surface area contributed by atoms with E-state index in [2.05, 4.69) is 15.5 Å². The van der Waals surface area contributed by atoms with E-state index in [1.54, 1.807) is 36.1 Å². The maximum absolute atomic E-state index is 13.3. The zero-order valence-electron chi connectivity index (χ0n) is 22.5. The van der Waals surface area contributed by atoms with E-state index < -0.39 is 12.3 Å². The molecule has 0 radical (unpaired) electrons. The normalized spacial score (nSPS) is 12.5. The van der Waals surface area contributed by atoms with Gasteiger partial charge < -0.3 is 15.0 Å². The van der Waals surface area contributed by atoms with Crippen LogP contribution in [0.15, 0.2) is 61.2 Å². The molecule has 0 spiro atoms. The Morgan fingerprint density at radius 1 is 1.03 bits per heavy atom. The summed E-state index contributed by atoms with van der Waals surface area (Å²) in [5, 5.41) is 10.7. The number of halogens is 3. The molecule has 2 aromatic carbocycles. The molecule has 0 aliphatic carbocycles. The minimum absolute atomic E-state index is 0.0274. The topological polar surface area (TPSA) is 77.2 Å². The van der Waals surface area contributed by atoms with Crippen LogP contribution in [-0.4, -0.2) is 57.6 Å². The minimum atomic E-state index is -4.62. The van der Waals surface area contributed by atoms with E-state index in [4.69, 9.17) is 4.74 Å². The van der Waals surface area contributed by atoms with Crippen LogP contribution in [0.1, 0.15) is 34.5 Å². The van der Waals surface area contributed by atoms with Crippen molar-refractivity contribution in [1.29, 1.82) is 0 Å². The van der Waals surface area contributed by atoms with Gasteiger partial charge in [-0.15, -0.1) is 13.2 Å². The average molecular weight is 541 g/mol. The van der Waals surface area contributed by atoms with Crippen molar-refractivity contribution in [1.82, 2.24) is 29.8 Å². The lowest BCUT2D eigenvalue weighted by atomic mass is 9.96. The summed E-state index contributed by atoms with van der Waals surface area (Å²) in [7, 11) is 5.69. The van der Waals surface area contributed by atoms with Gasteiger partial charge in [0.05, 0.1) is 18.4 Å². The Balaban J connectivity index is 1.63. The van der Waals surface area contributed by atoms with Crippen molar-refractivity contribution in [3.8, 4) is 28.0 Å². The van der Waals surface area contributed by atoms with Crippen LogP contribution in [0.5, 0.6) is 5.75 Å². The number of benzene rings is 2. The van der Waals surface area contributed by atoms with Gasteiger partial charge in [-0.1, -0.05) is 6.07 Å². The predicted molar refractivity (Wildman–Crippen MR) is 142 cm³/mol. The van der Waals surface area contributed by atoms with Gasteiger partial charge in [0.15, 0.2) is 0 Å². The Bertz CT molecular complexity index is 1460. The first kappa shape index (κ1) is 27.9. The van der Waals surface area contributed by atoms with Crippen molar-refractivity contribution in [2.45, 2.75) is 26.2 Å². The number of ether oxygens (including phenoxy) is 1. The van der Waals surface area contributed by atoms with Crippen LogP contribution >= 0.6 is 0 Å². The summed E-state index contributed by atoms with van der Waals surface area (Å²) in [6.07, 6.45) is 0.993. The van der Waals surface area contributed by atoms with Gasteiger partial charge in [0.2, 0.25) is 0 Å². The van der Waals surface area contributed by atoms with E-state index in [0.29, 0.717) is 29.0 Å². The second-order valence-electron chi connectivity index (χ2n) is 9.71. The molecule has 0 aliphatic heterocycles. The molecule has 2 aromatic heterocycles. The van der Waals surface area contributed by atoms with Crippen molar-refractivity contribution in [3.05, 3.63) is 77.9 Å². The van der Waals surface area contributed by atoms with Crippen molar-refractivity contribution in [2.75, 3.05) is 27.2 Å². The third-order valence-electron chi connectivity index (χ3n) is 6.28. The van der Waals surface area contributed by atoms with Gasteiger partial charge in [0.25, 0.3) is 5.91 Å². The van der Waals surface area contributed by atoms with Gasteiger partial charge in [-0.05, 0) is 80.5 Å². The second kappa shape index (κ2) is 11.3. The zero-order valence-corrected chi connectivity index (χ0v) is 22.5. The van der Waals surface area contributed by atoms with Crippen molar-refractivity contribution in [3.63, 3.8) is 0 Å². The number of alkyl halides is 3. The number of carbonyl (C=O) groups excluding carboxylic acids is 1. The molecule has 8 nitrogen and oxygen atoms in total. The molecule has 1 N–H and O–H groups in total. The molecule has 11 heteroatoms. The van der Waals surface area contributed by atoms with Crippen LogP contribution in [0.4, 0.5) is 13.2 Å². The lowest BCUT2D eigenvalue weighted by molar-refractivity contribution is -0.212. The van der Waals surface area contributed by atoms with Gasteiger partial charge >= 0.3 is 6.30 Å². The van der Waals surface area contributed by atoms with Crippen LogP contribution in [0.25, 0.3) is 22.3 Å². The molecule has 0 saturated carbocycles. The highest BCUT2D eigenvalue weighted by Gasteiger charge is 2.31. The lowest BCUT2D eigenvalue weighted by Crippen LogP contribution is -2.27. The molecule has 0 unspecified atom stereocenters. The fourth-order valence-corrected chi connectivity index (χ4v) is 4.06. The first-order valence-electron chi connectivity index (χ1n) is 12.4. The fraction of sp³-hybridized carbons (Fsp3) is 0.321. The standard InChI is InChI=1S/C28H31F3N6O2/c1-18-6-7-25(39-9-8-35(3)4)13-26(18)27(38)34-19(2)20-10-21(23-14-32-36(5)16-23)12-22(11-20)24-15-33-37(17-24)28(29,30)31/h6-7,10-17,19H,8-9H2,1-5H3,(H,34,38)/t19-/m1/s1. The first-order valence-corrected chi connectivity index (χ1v) is 12.4. The molecule has 1 amide bonds. The summed E-state index contributed by atoms with van der Waals surface area (Å²) in [6.45, 7) is 4.91. The number of hydrogen-bond donors (Lipinski definition) is 1. The fourth-order valence-electron chi connectivity index (χ4n) is 4.06. The molecule has 4 aromatic rings. The molecule has 4 rings (SSSR count). The number of carbonyl (C=O) groups is 1. The smallest absolute Gasteiger partial charge is 0.492 e. The third-order valence-corrected chi connectivity index (χ3v) is 6.28. The highest BCUT2D eigenvalue weighted by Crippen LogP contribution is 2.32. The Hall–Kier alpha value is -4.12. The Morgan fingerprint density at radius 2 is 1.69 bits per heavy atom. The molecule has 0 fully saturated rings. The molecule has 0 saturated heterocycles. The van der Waals surface area contributed by atoms with Crippen LogP contribution in [-0.2, 0) is 13.3 Å². The summed E-state index contributed by atoms with van der Waals surface area (Å²) < 4.78 is 46.9. The number of nitrogens with zero attached hydrogens (tertiary/aromatic N) is 5. The predicted octanol–water partition coefficient (Wildman–Crippen LogP) is 5.17. The molecule has 0 aliphatic rings. The number of aromatic nitrogens is 4. The highest BCUT2D eigenvalue weighted by molar-refractivity contribution is 5.96. The van der Waals surface area contributed by atoms with E-state index in [0.717, 1.165) is 35.0 Å². The molecule has 0 bridgehead atoms. The number of aryl methyl sites for hydroxylation is 2.